The van der Waals surface area contributed by atoms with E-state index < -0.39 is 4.92 Å². The molecule has 1 saturated carbocycles. The molecule has 8 heteroatoms. The van der Waals surface area contributed by atoms with E-state index in [2.05, 4.69) is 26.2 Å². The van der Waals surface area contributed by atoms with Crippen LogP contribution in [0.3, 0.4) is 0 Å². The van der Waals surface area contributed by atoms with Crippen molar-refractivity contribution in [3.8, 4) is 0 Å². The summed E-state index contributed by atoms with van der Waals surface area (Å²) in [6, 6.07) is 1.73. The first kappa shape index (κ1) is 18.1. The van der Waals surface area contributed by atoms with E-state index in [4.69, 9.17) is 0 Å². The molecule has 0 aromatic carbocycles. The monoisotopic (exact) mass is 369 g/mol. The molecule has 0 saturated heterocycles. The molecule has 112 valence electrons. The number of aliphatic hydroxyl groups is 1. The number of nitrogens with one attached hydrogen (secondary N) is 1. The number of hydrogen-bond acceptors (Lipinski definition) is 5. The van der Waals surface area contributed by atoms with Gasteiger partial charge in [-0.15, -0.1) is 0 Å². The molecule has 2 rings (SSSR count). The second-order valence-corrected chi connectivity index (χ2v) is 5.68. The molecule has 0 aliphatic heterocycles. The van der Waals surface area contributed by atoms with E-state index in [-0.39, 0.29) is 55.6 Å². The number of anilines is 1. The predicted molar refractivity (Wildman–Crippen MR) is 75.2 cm³/mol. The largest absolute Gasteiger partial charge is 0.393 e. The van der Waals surface area contributed by atoms with Crippen LogP contribution in [0.15, 0.2) is 10.5 Å². The zero-order chi connectivity index (χ0) is 14.0. The van der Waals surface area contributed by atoms with Crippen LogP contribution in [-0.2, 0) is 0 Å². The summed E-state index contributed by atoms with van der Waals surface area (Å²) in [7, 11) is 0. The third-order valence-corrected chi connectivity index (χ3v) is 3.98. The topological polar surface area (TPSA) is 88.3 Å². The number of rotatable bonds is 3. The van der Waals surface area contributed by atoms with Gasteiger partial charge in [0.1, 0.15) is 11.5 Å². The van der Waals surface area contributed by atoms with Crippen molar-refractivity contribution in [2.24, 2.45) is 0 Å². The minimum absolute atomic E-state index is 0. The minimum Gasteiger partial charge on any atom is -0.393 e. The molecule has 2 N–H and O–H groups in total. The molecule has 0 spiro atoms. The fourth-order valence-corrected chi connectivity index (χ4v) is 2.69. The van der Waals surface area contributed by atoms with E-state index in [1.54, 1.807) is 6.92 Å². The van der Waals surface area contributed by atoms with Gasteiger partial charge in [0.15, 0.2) is 0 Å². The van der Waals surface area contributed by atoms with Crippen LogP contribution in [0.25, 0.3) is 0 Å². The van der Waals surface area contributed by atoms with Gasteiger partial charge in [-0.25, -0.2) is 4.98 Å². The van der Waals surface area contributed by atoms with Crippen LogP contribution in [0, 0.1) is 54.8 Å². The molecule has 6 nitrogen and oxygen atoms in total. The van der Waals surface area contributed by atoms with Gasteiger partial charge in [0, 0.05) is 49.8 Å². The Labute approximate surface area is 155 Å². The third-order valence-electron chi connectivity index (χ3n) is 3.37. The summed E-state index contributed by atoms with van der Waals surface area (Å²) >= 11 is 3.31. The molecule has 0 unspecified atom stereocenters. The molecular weight excluding hydrogens is 354 g/mol. The SMILES string of the molecule is Cc1nc(NC2CCC(O)CC2)c(Br)cc1[N+](=O)[O-].[Ar]. The second kappa shape index (κ2) is 7.89. The van der Waals surface area contributed by atoms with Crippen LogP contribution in [0.4, 0.5) is 11.5 Å². The first-order valence-corrected chi connectivity index (χ1v) is 7.03. The number of nitrogens with zero attached hydrogens (tertiary/aromatic N) is 2. The zero-order valence-electron chi connectivity index (χ0n) is 11.0. The van der Waals surface area contributed by atoms with Crippen molar-refractivity contribution in [1.82, 2.24) is 4.98 Å². The van der Waals surface area contributed by atoms with Gasteiger partial charge in [0.05, 0.1) is 15.5 Å². The maximum atomic E-state index is 10.8. The minimum atomic E-state index is -0.437. The average molecular weight is 370 g/mol. The van der Waals surface area contributed by atoms with E-state index in [1.165, 1.54) is 6.07 Å². The number of aryl methyl sites for hydroxylation is 1. The Morgan fingerprint density at radius 1 is 1.45 bits per heavy atom. The fourth-order valence-electron chi connectivity index (χ4n) is 2.27. The summed E-state index contributed by atoms with van der Waals surface area (Å²) in [4.78, 5) is 14.6. The van der Waals surface area contributed by atoms with Crippen molar-refractivity contribution in [3.63, 3.8) is 0 Å². The summed E-state index contributed by atoms with van der Waals surface area (Å²) in [5.74, 6) is 0.629. The number of aromatic nitrogens is 1. The van der Waals surface area contributed by atoms with Gasteiger partial charge >= 0.3 is 0 Å². The molecule has 1 aliphatic rings. The van der Waals surface area contributed by atoms with Gasteiger partial charge in [0.2, 0.25) is 0 Å². The predicted octanol–water partition coefficient (Wildman–Crippen LogP) is 2.78. The summed E-state index contributed by atoms with van der Waals surface area (Å²) in [5, 5.41) is 23.6. The van der Waals surface area contributed by atoms with E-state index in [1.807, 2.05) is 0 Å². The molecule has 20 heavy (non-hydrogen) atoms. The standard InChI is InChI=1S/C12H16BrN3O3.Ar/c1-7-11(16(18)19)6-10(13)12(14-7)15-8-2-4-9(17)5-3-8;/h6,8-9,17H,2-5H2,1H3,(H,14,15);. The van der Waals surface area contributed by atoms with Crippen molar-refractivity contribution in [2.45, 2.75) is 44.8 Å². The first-order valence-electron chi connectivity index (χ1n) is 6.23. The Balaban J connectivity index is 0.00000200. The zero-order valence-corrected chi connectivity index (χ0v) is 13.2. The molecule has 1 aromatic rings. The number of pyridine rings is 1. The molecule has 1 fully saturated rings. The normalized spacial score (nSPS) is 21.9. The Bertz CT molecular complexity index is 493. The van der Waals surface area contributed by atoms with Gasteiger partial charge < -0.3 is 10.4 Å². The summed E-state index contributed by atoms with van der Waals surface area (Å²) in [6.45, 7) is 1.63. The van der Waals surface area contributed by atoms with Crippen LogP contribution < -0.4 is 5.32 Å². The maximum absolute atomic E-state index is 10.8. The van der Waals surface area contributed by atoms with Crippen LogP contribution in [-0.4, -0.2) is 27.2 Å². The van der Waals surface area contributed by atoms with Gasteiger partial charge in [-0.1, -0.05) is 0 Å². The average Bonchev–Trinajstić information content (AvgIpc) is 2.35. The first-order chi connectivity index (χ1) is 8.97. The van der Waals surface area contributed by atoms with Crippen molar-refractivity contribution in [2.75, 3.05) is 5.32 Å². The molecule has 1 aliphatic carbocycles. The summed E-state index contributed by atoms with van der Waals surface area (Å²) < 4.78 is 0.593. The van der Waals surface area contributed by atoms with Crippen LogP contribution >= 0.6 is 15.9 Å². The molecule has 0 radical (unpaired) electrons. The van der Waals surface area contributed by atoms with Gasteiger partial charge in [-0.05, 0) is 48.5 Å². The smallest absolute Gasteiger partial charge is 0.291 e. The quantitative estimate of drug-likeness (QED) is 0.631. The Kier molecular flexibility index (Phi) is 7.14. The van der Waals surface area contributed by atoms with Crippen molar-refractivity contribution in [3.05, 3.63) is 26.3 Å². The number of hydrogen-bond donors (Lipinski definition) is 2. The summed E-state index contributed by atoms with van der Waals surface area (Å²) in [5.41, 5.74) is 0.406. The molecule has 0 amide bonds. The van der Waals surface area contributed by atoms with Crippen molar-refractivity contribution < 1.29 is 47.8 Å². The Morgan fingerprint density at radius 2 is 2.05 bits per heavy atom. The number of halogens is 1. The van der Waals surface area contributed by atoms with E-state index in [0.29, 0.717) is 16.0 Å². The van der Waals surface area contributed by atoms with Gasteiger partial charge in [-0.2, -0.15) is 0 Å². The Morgan fingerprint density at radius 3 is 2.60 bits per heavy atom. The van der Waals surface area contributed by atoms with E-state index >= 15 is 0 Å². The molecule has 1 heterocycles. The number of nitro groups is 1. The van der Waals surface area contributed by atoms with Crippen molar-refractivity contribution in [1.29, 1.82) is 0 Å². The second-order valence-electron chi connectivity index (χ2n) is 4.83. The van der Waals surface area contributed by atoms with Crippen LogP contribution in [0.1, 0.15) is 31.4 Å². The van der Waals surface area contributed by atoms with Gasteiger partial charge in [-0.3, -0.25) is 10.1 Å². The summed E-state index contributed by atoms with van der Waals surface area (Å²) in [6.07, 6.45) is 3.12. The fraction of sp³-hybridized carbons (Fsp3) is 0.583. The van der Waals surface area contributed by atoms with E-state index in [0.717, 1.165) is 25.7 Å². The Hall–Kier alpha value is 0.0497. The molecule has 0 bridgehead atoms. The molecular formula is C12H16ArBrN3O3. The van der Waals surface area contributed by atoms with Crippen LogP contribution in [0.2, 0.25) is 0 Å². The molecule has 0 atom stereocenters. The molecule has 1 aromatic heterocycles. The number of aliphatic hydroxyl groups excluding tert-OH is 1. The van der Waals surface area contributed by atoms with Crippen LogP contribution in [0.5, 0.6) is 0 Å². The maximum Gasteiger partial charge on any atom is 0.291 e. The van der Waals surface area contributed by atoms with Crippen molar-refractivity contribution >= 4 is 27.4 Å². The third kappa shape index (κ3) is 4.53. The van der Waals surface area contributed by atoms with E-state index in [9.17, 15) is 15.2 Å². The van der Waals surface area contributed by atoms with Gasteiger partial charge in [0.25, 0.3) is 5.69 Å².